The minimum atomic E-state index is -5.44. The van der Waals surface area contributed by atoms with E-state index in [1.165, 1.54) is 24.8 Å². The average molecular weight is 537 g/mol. The number of hydrogen-bond donors (Lipinski definition) is 3. The van der Waals surface area contributed by atoms with E-state index in [0.717, 1.165) is 12.1 Å². The summed E-state index contributed by atoms with van der Waals surface area (Å²) in [6.07, 6.45) is -0.461. The van der Waals surface area contributed by atoms with E-state index in [-0.39, 0.29) is 32.0 Å². The molecule has 1 heterocycles. The van der Waals surface area contributed by atoms with Gasteiger partial charge < -0.3 is 20.4 Å². The minimum absolute atomic E-state index is 0.0105. The van der Waals surface area contributed by atoms with Gasteiger partial charge in [0.25, 0.3) is 15.7 Å². The van der Waals surface area contributed by atoms with Gasteiger partial charge in [-0.3, -0.25) is 14.4 Å². The molecule has 1 aromatic rings. The standard InChI is InChI=1S/C23H31F3N2O7S/c1-22(2,14-29)19(31)20(32)27-9-6-18(30)21(33)28-10-7-15(8-11-28)12-16-4-3-5-17(13-16)36(34,35)23(24,25)26/h3-5,13,15,19,29,31H,6-12,14H2,1-2H3,(H,27,32)/t19-/m0/s1. The number of piperidine rings is 1. The van der Waals surface area contributed by atoms with Crippen LogP contribution < -0.4 is 5.32 Å². The number of carbonyl (C=O) groups is 3. The van der Waals surface area contributed by atoms with Crippen molar-refractivity contribution in [2.45, 2.75) is 56.0 Å². The van der Waals surface area contributed by atoms with E-state index in [1.54, 1.807) is 6.07 Å². The first-order valence-electron chi connectivity index (χ1n) is 11.4. The number of halogens is 3. The number of hydrogen-bond acceptors (Lipinski definition) is 7. The molecule has 0 aliphatic carbocycles. The van der Waals surface area contributed by atoms with Gasteiger partial charge >= 0.3 is 5.51 Å². The monoisotopic (exact) mass is 536 g/mol. The average Bonchev–Trinajstić information content (AvgIpc) is 2.82. The van der Waals surface area contributed by atoms with Crippen LogP contribution in [0.1, 0.15) is 38.7 Å². The Morgan fingerprint density at radius 2 is 1.78 bits per heavy atom. The smallest absolute Gasteiger partial charge is 0.396 e. The van der Waals surface area contributed by atoms with Crippen LogP contribution in [-0.2, 0) is 30.6 Å². The van der Waals surface area contributed by atoms with Crippen LogP contribution in [-0.4, -0.2) is 79.0 Å². The summed E-state index contributed by atoms with van der Waals surface area (Å²) in [5.74, 6) is -2.20. The Balaban J connectivity index is 1.84. The highest BCUT2D eigenvalue weighted by Crippen LogP contribution is 2.31. The van der Waals surface area contributed by atoms with Crippen molar-refractivity contribution in [2.24, 2.45) is 11.3 Å². The fourth-order valence-corrected chi connectivity index (χ4v) is 4.60. The first-order valence-corrected chi connectivity index (χ1v) is 12.9. The maximum absolute atomic E-state index is 12.8. The van der Waals surface area contributed by atoms with Gasteiger partial charge in [0.15, 0.2) is 0 Å². The molecule has 0 radical (unpaired) electrons. The fraction of sp³-hybridized carbons (Fsp3) is 0.609. The largest absolute Gasteiger partial charge is 0.501 e. The normalized spacial score (nSPS) is 16.5. The summed E-state index contributed by atoms with van der Waals surface area (Å²) in [7, 11) is -5.44. The van der Waals surface area contributed by atoms with Gasteiger partial charge in [-0.1, -0.05) is 26.0 Å². The summed E-state index contributed by atoms with van der Waals surface area (Å²) in [4.78, 5) is 37.2. The molecule has 0 unspecified atom stereocenters. The molecule has 202 valence electrons. The van der Waals surface area contributed by atoms with Gasteiger partial charge in [0.2, 0.25) is 11.7 Å². The van der Waals surface area contributed by atoms with Crippen LogP contribution in [0.5, 0.6) is 0 Å². The molecular formula is C23H31F3N2O7S. The lowest BCUT2D eigenvalue weighted by Crippen LogP contribution is -2.47. The third kappa shape index (κ3) is 7.26. The second-order valence-electron chi connectivity index (χ2n) is 9.55. The van der Waals surface area contributed by atoms with Crippen molar-refractivity contribution in [3.8, 4) is 0 Å². The molecule has 3 N–H and O–H groups in total. The van der Waals surface area contributed by atoms with Crippen LogP contribution in [0.2, 0.25) is 0 Å². The van der Waals surface area contributed by atoms with E-state index in [4.69, 9.17) is 0 Å². The summed E-state index contributed by atoms with van der Waals surface area (Å²) in [5.41, 5.74) is -6.02. The molecule has 2 rings (SSSR count). The Hall–Kier alpha value is -2.51. The molecule has 9 nitrogen and oxygen atoms in total. The second-order valence-corrected chi connectivity index (χ2v) is 11.5. The zero-order valence-electron chi connectivity index (χ0n) is 20.0. The number of aliphatic hydroxyl groups excluding tert-OH is 2. The van der Waals surface area contributed by atoms with Gasteiger partial charge in [0.05, 0.1) is 11.5 Å². The SMILES string of the molecule is CC(C)(CO)[C@@H](O)C(=O)NCCC(=O)C(=O)N1CCC(Cc2cccc(S(=O)(=O)C(F)(F)F)c2)CC1. The molecular weight excluding hydrogens is 505 g/mol. The maximum Gasteiger partial charge on any atom is 0.501 e. The van der Waals surface area contributed by atoms with E-state index in [0.29, 0.717) is 24.8 Å². The highest BCUT2D eigenvalue weighted by molar-refractivity contribution is 7.92. The Kier molecular flexibility index (Phi) is 9.65. The summed E-state index contributed by atoms with van der Waals surface area (Å²) in [6, 6.07) is 4.71. The number of sulfone groups is 1. The lowest BCUT2D eigenvalue weighted by molar-refractivity contribution is -0.145. The van der Waals surface area contributed by atoms with Crippen LogP contribution in [0.15, 0.2) is 29.2 Å². The van der Waals surface area contributed by atoms with Crippen molar-refractivity contribution in [3.05, 3.63) is 29.8 Å². The number of likely N-dealkylation sites (tertiary alicyclic amines) is 1. The topological polar surface area (TPSA) is 141 Å². The van der Waals surface area contributed by atoms with Gasteiger partial charge in [-0.2, -0.15) is 13.2 Å². The van der Waals surface area contributed by atoms with Gasteiger partial charge in [0, 0.05) is 31.5 Å². The highest BCUT2D eigenvalue weighted by Gasteiger charge is 2.46. The molecule has 1 fully saturated rings. The Morgan fingerprint density at radius 1 is 1.17 bits per heavy atom. The van der Waals surface area contributed by atoms with Crippen molar-refractivity contribution < 1.29 is 46.2 Å². The van der Waals surface area contributed by atoms with Crippen LogP contribution in [0, 0.1) is 11.3 Å². The number of aliphatic hydroxyl groups is 2. The summed E-state index contributed by atoms with van der Waals surface area (Å²) in [6.45, 7) is 2.92. The van der Waals surface area contributed by atoms with Gasteiger partial charge in [0.1, 0.15) is 6.10 Å². The molecule has 1 atom stereocenters. The molecule has 0 spiro atoms. The van der Waals surface area contributed by atoms with Crippen molar-refractivity contribution >= 4 is 27.4 Å². The first-order chi connectivity index (χ1) is 16.6. The molecule has 2 amide bonds. The van der Waals surface area contributed by atoms with Crippen LogP contribution in [0.3, 0.4) is 0 Å². The number of alkyl halides is 3. The van der Waals surface area contributed by atoms with E-state index < -0.39 is 56.0 Å². The van der Waals surface area contributed by atoms with Crippen molar-refractivity contribution in [3.63, 3.8) is 0 Å². The number of carbonyl (C=O) groups excluding carboxylic acids is 3. The third-order valence-electron chi connectivity index (χ3n) is 6.23. The first kappa shape index (κ1) is 29.7. The Labute approximate surface area is 207 Å². The number of nitrogens with one attached hydrogen (secondary N) is 1. The predicted molar refractivity (Wildman–Crippen MR) is 122 cm³/mol. The highest BCUT2D eigenvalue weighted by atomic mass is 32.2. The number of rotatable bonds is 10. The van der Waals surface area contributed by atoms with E-state index in [2.05, 4.69) is 5.32 Å². The summed E-state index contributed by atoms with van der Waals surface area (Å²) in [5, 5.41) is 21.5. The van der Waals surface area contributed by atoms with Gasteiger partial charge in [-0.15, -0.1) is 0 Å². The van der Waals surface area contributed by atoms with E-state index >= 15 is 0 Å². The molecule has 0 aromatic heterocycles. The minimum Gasteiger partial charge on any atom is -0.396 e. The molecule has 1 aliphatic heterocycles. The van der Waals surface area contributed by atoms with Crippen molar-refractivity contribution in [1.29, 1.82) is 0 Å². The van der Waals surface area contributed by atoms with E-state index in [9.17, 15) is 46.2 Å². The fourth-order valence-electron chi connectivity index (χ4n) is 3.77. The maximum atomic E-state index is 12.8. The zero-order valence-corrected chi connectivity index (χ0v) is 20.9. The number of amides is 2. The van der Waals surface area contributed by atoms with Crippen LogP contribution >= 0.6 is 0 Å². The number of ketones is 1. The van der Waals surface area contributed by atoms with Gasteiger partial charge in [-0.25, -0.2) is 8.42 Å². The molecule has 0 saturated carbocycles. The quantitative estimate of drug-likeness (QED) is 0.382. The number of Topliss-reactive ketones (excluding diaryl/α,β-unsaturated/α-hetero) is 1. The van der Waals surface area contributed by atoms with E-state index in [1.807, 2.05) is 0 Å². The molecule has 13 heteroatoms. The predicted octanol–water partition coefficient (Wildman–Crippen LogP) is 1.22. The van der Waals surface area contributed by atoms with Crippen LogP contribution in [0.25, 0.3) is 0 Å². The third-order valence-corrected chi connectivity index (χ3v) is 7.71. The summed E-state index contributed by atoms with van der Waals surface area (Å²) < 4.78 is 61.7. The molecule has 1 aliphatic rings. The Morgan fingerprint density at radius 3 is 2.33 bits per heavy atom. The Bertz CT molecular complexity index is 1070. The van der Waals surface area contributed by atoms with Crippen molar-refractivity contribution in [1.82, 2.24) is 10.2 Å². The lowest BCUT2D eigenvalue weighted by Gasteiger charge is -2.31. The number of benzene rings is 1. The molecule has 1 aromatic carbocycles. The molecule has 1 saturated heterocycles. The zero-order chi connectivity index (χ0) is 27.3. The van der Waals surface area contributed by atoms with Gasteiger partial charge in [-0.05, 0) is 42.9 Å². The van der Waals surface area contributed by atoms with Crippen LogP contribution in [0.4, 0.5) is 13.2 Å². The molecule has 36 heavy (non-hydrogen) atoms. The number of nitrogens with zero attached hydrogens (tertiary/aromatic N) is 1. The lowest BCUT2D eigenvalue weighted by atomic mass is 9.87. The van der Waals surface area contributed by atoms with Crippen molar-refractivity contribution in [2.75, 3.05) is 26.2 Å². The second kappa shape index (κ2) is 11.7. The summed E-state index contributed by atoms with van der Waals surface area (Å²) >= 11 is 0. The molecule has 0 bridgehead atoms.